The van der Waals surface area contributed by atoms with E-state index in [2.05, 4.69) is 5.43 Å². The monoisotopic (exact) mass is 158 g/mol. The van der Waals surface area contributed by atoms with Gasteiger partial charge >= 0.3 is 0 Å². The molecule has 1 fully saturated rings. The Morgan fingerprint density at radius 1 is 1.64 bits per heavy atom. The van der Waals surface area contributed by atoms with E-state index in [9.17, 15) is 9.90 Å². The Morgan fingerprint density at radius 3 is 2.82 bits per heavy atom. The average Bonchev–Trinajstić information content (AvgIpc) is 2.37. The van der Waals surface area contributed by atoms with Crippen molar-refractivity contribution in [2.24, 2.45) is 11.8 Å². The second kappa shape index (κ2) is 3.69. The molecule has 4 heteroatoms. The molecular formula is C7H14N2O2. The van der Waals surface area contributed by atoms with Crippen LogP contribution in [0.4, 0.5) is 0 Å². The Kier molecular flexibility index (Phi) is 2.84. The number of carbonyl (C=O) groups excluding carboxylic acids is 1. The van der Waals surface area contributed by atoms with Crippen molar-refractivity contribution >= 4 is 5.91 Å². The zero-order chi connectivity index (χ0) is 8.27. The second-order valence-electron chi connectivity index (χ2n) is 3.03. The molecule has 1 rings (SSSR count). The van der Waals surface area contributed by atoms with Crippen molar-refractivity contribution < 1.29 is 9.90 Å². The lowest BCUT2D eigenvalue weighted by molar-refractivity contribution is -0.122. The Morgan fingerprint density at radius 2 is 2.36 bits per heavy atom. The van der Waals surface area contributed by atoms with Gasteiger partial charge in [-0.1, -0.05) is 6.42 Å². The van der Waals surface area contributed by atoms with Gasteiger partial charge < -0.3 is 5.11 Å². The van der Waals surface area contributed by atoms with E-state index in [1.807, 2.05) is 0 Å². The number of aliphatic hydroxyl groups is 1. The predicted molar refractivity (Wildman–Crippen MR) is 40.3 cm³/mol. The van der Waals surface area contributed by atoms with Crippen molar-refractivity contribution in [1.82, 2.24) is 5.43 Å². The second-order valence-corrected chi connectivity index (χ2v) is 3.03. The third-order valence-corrected chi connectivity index (χ3v) is 2.23. The van der Waals surface area contributed by atoms with Crippen molar-refractivity contribution in [2.75, 3.05) is 0 Å². The van der Waals surface area contributed by atoms with Crippen molar-refractivity contribution in [3.8, 4) is 0 Å². The molecule has 0 aromatic heterocycles. The van der Waals surface area contributed by atoms with Crippen LogP contribution in [0.15, 0.2) is 0 Å². The van der Waals surface area contributed by atoms with Crippen LogP contribution in [0.3, 0.4) is 0 Å². The lowest BCUT2D eigenvalue weighted by Gasteiger charge is -2.11. The molecule has 0 saturated heterocycles. The van der Waals surface area contributed by atoms with E-state index >= 15 is 0 Å². The Balaban J connectivity index is 2.30. The van der Waals surface area contributed by atoms with Crippen LogP contribution in [-0.4, -0.2) is 17.1 Å². The summed E-state index contributed by atoms with van der Waals surface area (Å²) < 4.78 is 0. The summed E-state index contributed by atoms with van der Waals surface area (Å²) >= 11 is 0. The summed E-state index contributed by atoms with van der Waals surface area (Å²) in [7, 11) is 0. The molecule has 0 radical (unpaired) electrons. The maximum atomic E-state index is 10.8. The minimum Gasteiger partial charge on any atom is -0.393 e. The van der Waals surface area contributed by atoms with Gasteiger partial charge in [0, 0.05) is 6.42 Å². The molecule has 2 unspecified atom stereocenters. The number of hydrogen-bond donors (Lipinski definition) is 3. The highest BCUT2D eigenvalue weighted by molar-refractivity contribution is 5.75. The van der Waals surface area contributed by atoms with Gasteiger partial charge in [0.15, 0.2) is 0 Å². The maximum Gasteiger partial charge on any atom is 0.234 e. The summed E-state index contributed by atoms with van der Waals surface area (Å²) in [6.07, 6.45) is 2.84. The third kappa shape index (κ3) is 2.17. The van der Waals surface area contributed by atoms with Gasteiger partial charge in [0.1, 0.15) is 0 Å². The van der Waals surface area contributed by atoms with E-state index in [1.54, 1.807) is 0 Å². The number of nitrogens with two attached hydrogens (primary N) is 1. The molecule has 0 heterocycles. The van der Waals surface area contributed by atoms with Crippen LogP contribution in [0.2, 0.25) is 0 Å². The van der Waals surface area contributed by atoms with Crippen LogP contribution < -0.4 is 11.3 Å². The van der Waals surface area contributed by atoms with Gasteiger partial charge in [0.05, 0.1) is 6.10 Å². The highest BCUT2D eigenvalue weighted by Gasteiger charge is 2.26. The first-order chi connectivity index (χ1) is 5.24. The summed E-state index contributed by atoms with van der Waals surface area (Å²) in [6, 6.07) is 0. The van der Waals surface area contributed by atoms with Gasteiger partial charge in [-0.2, -0.15) is 0 Å². The van der Waals surface area contributed by atoms with Gasteiger partial charge in [-0.05, 0) is 18.8 Å². The fourth-order valence-electron chi connectivity index (χ4n) is 1.55. The van der Waals surface area contributed by atoms with Crippen LogP contribution in [0.1, 0.15) is 25.7 Å². The number of rotatable bonds is 2. The molecule has 4 N–H and O–H groups in total. The molecule has 2 atom stereocenters. The van der Waals surface area contributed by atoms with Crippen LogP contribution in [-0.2, 0) is 4.79 Å². The quantitative estimate of drug-likeness (QED) is 0.289. The minimum atomic E-state index is -0.299. The lowest BCUT2D eigenvalue weighted by Crippen LogP contribution is -2.32. The summed E-state index contributed by atoms with van der Waals surface area (Å²) in [5.41, 5.74) is 2.06. The zero-order valence-electron chi connectivity index (χ0n) is 6.42. The average molecular weight is 158 g/mol. The van der Waals surface area contributed by atoms with Crippen molar-refractivity contribution in [3.05, 3.63) is 0 Å². The predicted octanol–water partition coefficient (Wildman–Crippen LogP) is -0.473. The zero-order valence-corrected chi connectivity index (χ0v) is 6.42. The first-order valence-corrected chi connectivity index (χ1v) is 3.91. The van der Waals surface area contributed by atoms with Crippen molar-refractivity contribution in [2.45, 2.75) is 31.8 Å². The summed E-state index contributed by atoms with van der Waals surface area (Å²) in [6.45, 7) is 0. The highest BCUT2D eigenvalue weighted by Crippen LogP contribution is 2.27. The number of carbonyl (C=O) groups is 1. The molecule has 0 bridgehead atoms. The first kappa shape index (κ1) is 8.49. The molecule has 4 nitrogen and oxygen atoms in total. The number of aliphatic hydroxyl groups excluding tert-OH is 1. The molecule has 11 heavy (non-hydrogen) atoms. The van der Waals surface area contributed by atoms with Crippen LogP contribution >= 0.6 is 0 Å². The number of hydrazine groups is 1. The molecular weight excluding hydrogens is 144 g/mol. The molecule has 1 aliphatic carbocycles. The first-order valence-electron chi connectivity index (χ1n) is 3.91. The Labute approximate surface area is 65.7 Å². The number of hydrogen-bond acceptors (Lipinski definition) is 3. The van der Waals surface area contributed by atoms with E-state index in [4.69, 9.17) is 5.84 Å². The number of nitrogens with one attached hydrogen (secondary N) is 1. The molecule has 0 aromatic carbocycles. The van der Waals surface area contributed by atoms with Crippen molar-refractivity contribution in [3.63, 3.8) is 0 Å². The molecule has 1 amide bonds. The fraction of sp³-hybridized carbons (Fsp3) is 0.857. The minimum absolute atomic E-state index is 0.124. The Bertz CT molecular complexity index is 149. The van der Waals surface area contributed by atoms with Gasteiger partial charge in [-0.3, -0.25) is 10.2 Å². The highest BCUT2D eigenvalue weighted by atomic mass is 16.3. The molecule has 0 aromatic rings. The Hall–Kier alpha value is -0.610. The lowest BCUT2D eigenvalue weighted by atomic mass is 10.0. The normalized spacial score (nSPS) is 30.4. The van der Waals surface area contributed by atoms with E-state index < -0.39 is 0 Å². The van der Waals surface area contributed by atoms with Crippen LogP contribution in [0.5, 0.6) is 0 Å². The molecule has 0 aliphatic heterocycles. The van der Waals surface area contributed by atoms with E-state index in [-0.39, 0.29) is 17.9 Å². The molecule has 1 saturated carbocycles. The SMILES string of the molecule is NNC(=O)CC1CCCC1O. The van der Waals surface area contributed by atoms with Crippen molar-refractivity contribution in [1.29, 1.82) is 0 Å². The molecule has 1 aliphatic rings. The topological polar surface area (TPSA) is 75.3 Å². The largest absolute Gasteiger partial charge is 0.393 e. The fourth-order valence-corrected chi connectivity index (χ4v) is 1.55. The summed E-state index contributed by atoms with van der Waals surface area (Å²) in [4.78, 5) is 10.8. The summed E-state index contributed by atoms with van der Waals surface area (Å²) in [5, 5.41) is 9.31. The molecule has 0 spiro atoms. The molecule has 64 valence electrons. The van der Waals surface area contributed by atoms with Gasteiger partial charge in [-0.15, -0.1) is 0 Å². The maximum absolute atomic E-state index is 10.8. The van der Waals surface area contributed by atoms with E-state index in [1.165, 1.54) is 0 Å². The van der Waals surface area contributed by atoms with Crippen LogP contribution in [0, 0.1) is 5.92 Å². The van der Waals surface area contributed by atoms with Gasteiger partial charge in [0.25, 0.3) is 0 Å². The van der Waals surface area contributed by atoms with Gasteiger partial charge in [0.2, 0.25) is 5.91 Å². The summed E-state index contributed by atoms with van der Waals surface area (Å²) in [5.74, 6) is 4.85. The smallest absolute Gasteiger partial charge is 0.234 e. The third-order valence-electron chi connectivity index (χ3n) is 2.23. The van der Waals surface area contributed by atoms with E-state index in [0.717, 1.165) is 19.3 Å². The van der Waals surface area contributed by atoms with Crippen LogP contribution in [0.25, 0.3) is 0 Å². The van der Waals surface area contributed by atoms with Gasteiger partial charge in [-0.25, -0.2) is 5.84 Å². The van der Waals surface area contributed by atoms with E-state index in [0.29, 0.717) is 6.42 Å². The number of amides is 1. The standard InChI is InChI=1S/C7H14N2O2/c8-9-7(11)4-5-2-1-3-6(5)10/h5-6,10H,1-4,8H2,(H,9,11).